The molecule has 1 saturated heterocycles. The van der Waals surface area contributed by atoms with Gasteiger partial charge in [0.1, 0.15) is 11.8 Å². The summed E-state index contributed by atoms with van der Waals surface area (Å²) in [6, 6.07) is 6.01. The van der Waals surface area contributed by atoms with Crippen LogP contribution in [-0.4, -0.2) is 18.1 Å². The van der Waals surface area contributed by atoms with Crippen LogP contribution in [0.15, 0.2) is 18.3 Å². The predicted molar refractivity (Wildman–Crippen MR) is 68.8 cm³/mol. The number of hydrogen-bond donors (Lipinski definition) is 0. The Morgan fingerprint density at radius 3 is 3.12 bits per heavy atom. The monoisotopic (exact) mass is 229 g/mol. The highest BCUT2D eigenvalue weighted by atomic mass is 15.1. The van der Waals surface area contributed by atoms with Gasteiger partial charge >= 0.3 is 0 Å². The molecule has 0 bridgehead atoms. The molecule has 0 spiro atoms. The van der Waals surface area contributed by atoms with Gasteiger partial charge in [0.05, 0.1) is 0 Å². The van der Waals surface area contributed by atoms with Crippen LogP contribution in [0.3, 0.4) is 0 Å². The minimum absolute atomic E-state index is 0.513. The normalized spacial score (nSPS) is 20.7. The van der Waals surface area contributed by atoms with Crippen LogP contribution < -0.4 is 4.90 Å². The molecule has 2 rings (SSSR count). The Kier molecular flexibility index (Phi) is 3.98. The fraction of sp³-hybridized carbons (Fsp3) is 0.571. The molecule has 1 atom stereocenters. The summed E-state index contributed by atoms with van der Waals surface area (Å²) in [7, 11) is 0. The van der Waals surface area contributed by atoms with Gasteiger partial charge in [-0.05, 0) is 37.3 Å². The maximum Gasteiger partial charge on any atom is 0.142 e. The lowest BCUT2D eigenvalue weighted by atomic mass is 9.98. The average molecular weight is 229 g/mol. The highest BCUT2D eigenvalue weighted by molar-refractivity contribution is 5.48. The molecular weight excluding hydrogens is 210 g/mol. The fourth-order valence-electron chi connectivity index (χ4n) is 2.51. The minimum atomic E-state index is 0.513. The van der Waals surface area contributed by atoms with Crippen LogP contribution >= 0.6 is 0 Å². The van der Waals surface area contributed by atoms with Gasteiger partial charge in [-0.1, -0.05) is 13.3 Å². The third kappa shape index (κ3) is 2.97. The summed E-state index contributed by atoms with van der Waals surface area (Å²) in [6.45, 7) is 4.49. The van der Waals surface area contributed by atoms with E-state index in [1.165, 1.54) is 25.7 Å². The van der Waals surface area contributed by atoms with Crippen LogP contribution in [0.1, 0.15) is 38.3 Å². The topological polar surface area (TPSA) is 39.9 Å². The number of rotatable bonds is 2. The van der Waals surface area contributed by atoms with Crippen molar-refractivity contribution in [3.8, 4) is 6.07 Å². The van der Waals surface area contributed by atoms with Gasteiger partial charge in [0.25, 0.3) is 0 Å². The summed E-state index contributed by atoms with van der Waals surface area (Å²) in [5.74, 6) is 0.872. The van der Waals surface area contributed by atoms with Gasteiger partial charge in [-0.3, -0.25) is 0 Å². The van der Waals surface area contributed by atoms with Gasteiger partial charge in [-0.25, -0.2) is 4.98 Å². The number of anilines is 1. The SMILES string of the molecule is CCC1CCCN(c2ccnc(C#N)c2)CC1. The van der Waals surface area contributed by atoms with Crippen molar-refractivity contribution >= 4 is 5.69 Å². The van der Waals surface area contributed by atoms with Gasteiger partial charge in [0.2, 0.25) is 0 Å². The first-order valence-electron chi connectivity index (χ1n) is 6.44. The first-order chi connectivity index (χ1) is 8.33. The zero-order valence-electron chi connectivity index (χ0n) is 10.4. The second-order valence-electron chi connectivity index (χ2n) is 4.70. The van der Waals surface area contributed by atoms with Crippen molar-refractivity contribution in [1.29, 1.82) is 5.26 Å². The van der Waals surface area contributed by atoms with Crippen LogP contribution in [-0.2, 0) is 0 Å². The number of aromatic nitrogens is 1. The lowest BCUT2D eigenvalue weighted by Gasteiger charge is -2.22. The molecule has 3 heteroatoms. The highest BCUT2D eigenvalue weighted by Crippen LogP contribution is 2.24. The van der Waals surface area contributed by atoms with Crippen LogP contribution in [0.25, 0.3) is 0 Å². The molecule has 1 aromatic rings. The summed E-state index contributed by atoms with van der Waals surface area (Å²) < 4.78 is 0. The van der Waals surface area contributed by atoms with Crippen LogP contribution in [0.4, 0.5) is 5.69 Å². The fourth-order valence-corrected chi connectivity index (χ4v) is 2.51. The van der Waals surface area contributed by atoms with Gasteiger partial charge in [0, 0.05) is 25.0 Å². The van der Waals surface area contributed by atoms with Gasteiger partial charge in [-0.2, -0.15) is 5.26 Å². The summed E-state index contributed by atoms with van der Waals surface area (Å²) in [6.07, 6.45) is 6.87. The summed E-state index contributed by atoms with van der Waals surface area (Å²) in [4.78, 5) is 6.41. The first kappa shape index (κ1) is 11.9. The number of nitrogens with zero attached hydrogens (tertiary/aromatic N) is 3. The Morgan fingerprint density at radius 2 is 2.35 bits per heavy atom. The van der Waals surface area contributed by atoms with E-state index in [-0.39, 0.29) is 0 Å². The molecule has 0 N–H and O–H groups in total. The average Bonchev–Trinajstić information content (AvgIpc) is 2.64. The number of pyridine rings is 1. The molecule has 0 amide bonds. The summed E-state index contributed by atoms with van der Waals surface area (Å²) in [5.41, 5.74) is 1.66. The molecule has 1 fully saturated rings. The van der Waals surface area contributed by atoms with E-state index in [1.54, 1.807) is 6.20 Å². The molecule has 1 unspecified atom stereocenters. The lowest BCUT2D eigenvalue weighted by molar-refractivity contribution is 0.459. The van der Waals surface area contributed by atoms with Crippen molar-refractivity contribution in [2.24, 2.45) is 5.92 Å². The number of hydrogen-bond acceptors (Lipinski definition) is 3. The Hall–Kier alpha value is -1.56. The maximum absolute atomic E-state index is 8.87. The number of nitriles is 1. The summed E-state index contributed by atoms with van der Waals surface area (Å²) >= 11 is 0. The lowest BCUT2D eigenvalue weighted by Crippen LogP contribution is -2.24. The van der Waals surface area contributed by atoms with Crippen molar-refractivity contribution in [3.63, 3.8) is 0 Å². The molecule has 0 aromatic carbocycles. The van der Waals surface area contributed by atoms with E-state index in [0.717, 1.165) is 24.7 Å². The van der Waals surface area contributed by atoms with Crippen LogP contribution in [0.2, 0.25) is 0 Å². The molecule has 17 heavy (non-hydrogen) atoms. The molecule has 1 aliphatic heterocycles. The largest absolute Gasteiger partial charge is 0.371 e. The second-order valence-corrected chi connectivity index (χ2v) is 4.70. The Labute approximate surface area is 103 Å². The van der Waals surface area contributed by atoms with Crippen molar-refractivity contribution in [1.82, 2.24) is 4.98 Å². The molecular formula is C14H19N3. The van der Waals surface area contributed by atoms with E-state index in [4.69, 9.17) is 5.26 Å². The molecule has 0 radical (unpaired) electrons. The zero-order chi connectivity index (χ0) is 12.1. The van der Waals surface area contributed by atoms with E-state index in [1.807, 2.05) is 12.1 Å². The van der Waals surface area contributed by atoms with E-state index in [9.17, 15) is 0 Å². The van der Waals surface area contributed by atoms with E-state index in [0.29, 0.717) is 5.69 Å². The molecule has 1 aliphatic rings. The Balaban J connectivity index is 2.09. The molecule has 0 saturated carbocycles. The zero-order valence-corrected chi connectivity index (χ0v) is 10.4. The highest BCUT2D eigenvalue weighted by Gasteiger charge is 2.16. The van der Waals surface area contributed by atoms with Crippen molar-refractivity contribution in [2.45, 2.75) is 32.6 Å². The second kappa shape index (κ2) is 5.67. The molecule has 2 heterocycles. The van der Waals surface area contributed by atoms with Crippen LogP contribution in [0.5, 0.6) is 0 Å². The third-order valence-corrected chi connectivity index (χ3v) is 3.65. The van der Waals surface area contributed by atoms with Crippen LogP contribution in [0, 0.1) is 17.2 Å². The first-order valence-corrected chi connectivity index (χ1v) is 6.44. The smallest absolute Gasteiger partial charge is 0.142 e. The Bertz CT molecular complexity index is 408. The summed E-state index contributed by atoms with van der Waals surface area (Å²) in [5, 5.41) is 8.87. The van der Waals surface area contributed by atoms with E-state index >= 15 is 0 Å². The van der Waals surface area contributed by atoms with Gasteiger partial charge in [0.15, 0.2) is 0 Å². The van der Waals surface area contributed by atoms with Crippen molar-refractivity contribution in [2.75, 3.05) is 18.0 Å². The maximum atomic E-state index is 8.87. The van der Waals surface area contributed by atoms with Gasteiger partial charge < -0.3 is 4.90 Å². The van der Waals surface area contributed by atoms with E-state index in [2.05, 4.69) is 22.9 Å². The Morgan fingerprint density at radius 1 is 1.47 bits per heavy atom. The van der Waals surface area contributed by atoms with E-state index < -0.39 is 0 Å². The molecule has 0 aliphatic carbocycles. The van der Waals surface area contributed by atoms with Crippen molar-refractivity contribution in [3.05, 3.63) is 24.0 Å². The molecule has 1 aromatic heterocycles. The third-order valence-electron chi connectivity index (χ3n) is 3.65. The standard InChI is InChI=1S/C14H19N3/c1-2-12-4-3-8-17(9-6-12)14-5-7-16-13(10-14)11-15/h5,7,10,12H,2-4,6,8-9H2,1H3. The molecule has 90 valence electrons. The predicted octanol–water partition coefficient (Wildman–Crippen LogP) is 2.97. The van der Waals surface area contributed by atoms with Gasteiger partial charge in [-0.15, -0.1) is 0 Å². The van der Waals surface area contributed by atoms with Crippen molar-refractivity contribution < 1.29 is 0 Å². The minimum Gasteiger partial charge on any atom is -0.371 e. The quantitative estimate of drug-likeness (QED) is 0.782. The molecule has 3 nitrogen and oxygen atoms in total.